The molecule has 0 aliphatic carbocycles. The van der Waals surface area contributed by atoms with Gasteiger partial charge in [-0.15, -0.1) is 0 Å². The second kappa shape index (κ2) is 74.2. The van der Waals surface area contributed by atoms with Crippen molar-refractivity contribution in [1.29, 1.82) is 0 Å². The molecule has 105 heavy (non-hydrogen) atoms. The van der Waals surface area contributed by atoms with E-state index in [4.69, 9.17) is 18.9 Å². The van der Waals surface area contributed by atoms with Crippen LogP contribution < -0.4 is 5.32 Å². The van der Waals surface area contributed by atoms with Crippen LogP contribution in [0.25, 0.3) is 0 Å². The highest BCUT2D eigenvalue weighted by atomic mass is 16.7. The Morgan fingerprint density at radius 2 is 0.667 bits per heavy atom. The SMILES string of the molecule is CC/C=C\C/C=C\C/C=C\C/C=C\CCCCCCCCCCCCCCCCCCCCCCCCCCCCC(=O)NC(COC1OC(CO)C(OC2OC(CO)C(O)C(O)C2O)C(O)C1O)C(O)/C=C/CC/C=C/CCCCCCCCCCCCCCCCCCCCCCCCCCCC. The molecule has 14 heteroatoms. The minimum absolute atomic E-state index is 0.241. The van der Waals surface area contributed by atoms with E-state index >= 15 is 0 Å². The molecule has 2 fully saturated rings. The van der Waals surface area contributed by atoms with E-state index in [1.54, 1.807) is 6.08 Å². The van der Waals surface area contributed by atoms with Gasteiger partial charge in [0.2, 0.25) is 5.91 Å². The molecule has 9 N–H and O–H groups in total. The van der Waals surface area contributed by atoms with Gasteiger partial charge >= 0.3 is 0 Å². The second-order valence-corrected chi connectivity index (χ2v) is 31.3. The Kier molecular flexibility index (Phi) is 69.6. The normalized spacial score (nSPS) is 21.7. The lowest BCUT2D eigenvalue weighted by Gasteiger charge is -2.46. The lowest BCUT2D eigenvalue weighted by atomic mass is 9.97. The standard InChI is InChI=1S/C91H167NO13/c1-3-5-7-9-11-13-15-17-19-21-23-25-27-29-31-33-35-37-38-39-40-41-42-43-45-47-49-51-53-55-57-59-61-63-65-67-69-71-73-75-83(96)92-79(78-102-90-88(101)86(99)89(82(77-94)104-90)105-91-87(100)85(98)84(97)81(76-93)103-91)80(95)74-72-70-68-66-64-62-60-58-56-54-52-50-48-46-44-36-34-32-30-28-26-24-22-20-18-16-14-12-10-8-6-4-2/h5,7,11,13,17,19,23,25,64,66,72,74,79-82,84-91,93-95,97-101H,3-4,6,8-10,12,14-16,18,20-22,24,26-63,65,67-71,73,75-78H2,1-2H3,(H,92,96)/b7-5-,13-11-,19-17-,25-23-,66-64+,74-72+. The number of allylic oxidation sites excluding steroid dienone is 11. The predicted molar refractivity (Wildman–Crippen MR) is 438 cm³/mol. The molecule has 614 valence electrons. The molecular formula is C91H167NO13. The fourth-order valence-corrected chi connectivity index (χ4v) is 14.7. The molecule has 2 aliphatic heterocycles. The van der Waals surface area contributed by atoms with Gasteiger partial charge in [-0.2, -0.15) is 0 Å². The third kappa shape index (κ3) is 56.3. The largest absolute Gasteiger partial charge is 0.394 e. The smallest absolute Gasteiger partial charge is 0.220 e. The second-order valence-electron chi connectivity index (χ2n) is 31.3. The third-order valence-corrected chi connectivity index (χ3v) is 21.6. The van der Waals surface area contributed by atoms with Crippen LogP contribution in [0, 0.1) is 0 Å². The van der Waals surface area contributed by atoms with Crippen LogP contribution in [0.1, 0.15) is 406 Å². The summed E-state index contributed by atoms with van der Waals surface area (Å²) in [5.74, 6) is -0.241. The maximum atomic E-state index is 13.4. The maximum absolute atomic E-state index is 13.4. The molecular weight excluding hydrogens is 1310 g/mol. The predicted octanol–water partition coefficient (Wildman–Crippen LogP) is 21.6. The van der Waals surface area contributed by atoms with Crippen LogP contribution in [0.3, 0.4) is 0 Å². The molecule has 0 spiro atoms. The number of hydrogen-bond donors (Lipinski definition) is 9. The van der Waals surface area contributed by atoms with Crippen LogP contribution in [0.4, 0.5) is 0 Å². The maximum Gasteiger partial charge on any atom is 0.220 e. The Morgan fingerprint density at radius 1 is 0.352 bits per heavy atom. The van der Waals surface area contributed by atoms with Gasteiger partial charge in [0.15, 0.2) is 12.6 Å². The van der Waals surface area contributed by atoms with E-state index in [1.165, 1.54) is 315 Å². The summed E-state index contributed by atoms with van der Waals surface area (Å²) >= 11 is 0. The Labute approximate surface area is 644 Å². The zero-order chi connectivity index (χ0) is 75.8. The molecule has 0 bridgehead atoms. The molecule has 0 saturated carbocycles. The summed E-state index contributed by atoms with van der Waals surface area (Å²) in [6.07, 6.45) is 87.4. The van der Waals surface area contributed by atoms with Crippen molar-refractivity contribution in [3.8, 4) is 0 Å². The summed E-state index contributed by atoms with van der Waals surface area (Å²) in [5.41, 5.74) is 0. The molecule has 12 unspecified atom stereocenters. The van der Waals surface area contributed by atoms with E-state index in [0.717, 1.165) is 57.8 Å². The van der Waals surface area contributed by atoms with Gasteiger partial charge in [0.25, 0.3) is 0 Å². The quantitative estimate of drug-likeness (QED) is 0.0204. The van der Waals surface area contributed by atoms with Crippen molar-refractivity contribution in [1.82, 2.24) is 5.32 Å². The number of unbranched alkanes of at least 4 members (excludes halogenated alkanes) is 53. The molecule has 0 radical (unpaired) electrons. The highest BCUT2D eigenvalue weighted by Crippen LogP contribution is 2.31. The summed E-state index contributed by atoms with van der Waals surface area (Å²) in [7, 11) is 0. The summed E-state index contributed by atoms with van der Waals surface area (Å²) < 4.78 is 22.9. The molecule has 0 aromatic heterocycles. The lowest BCUT2D eigenvalue weighted by molar-refractivity contribution is -0.359. The monoisotopic (exact) mass is 1480 g/mol. The zero-order valence-corrected chi connectivity index (χ0v) is 67.7. The third-order valence-electron chi connectivity index (χ3n) is 21.6. The number of amides is 1. The number of aliphatic hydroxyl groups excluding tert-OH is 8. The van der Waals surface area contributed by atoms with Crippen molar-refractivity contribution in [3.05, 3.63) is 72.9 Å². The van der Waals surface area contributed by atoms with Gasteiger partial charge in [0, 0.05) is 6.42 Å². The number of carbonyl (C=O) groups excluding carboxylic acids is 1. The molecule has 1 amide bonds. The van der Waals surface area contributed by atoms with Gasteiger partial charge in [0.05, 0.1) is 32.0 Å². The van der Waals surface area contributed by atoms with Gasteiger partial charge in [0.1, 0.15) is 48.8 Å². The van der Waals surface area contributed by atoms with E-state index in [9.17, 15) is 45.6 Å². The van der Waals surface area contributed by atoms with Crippen molar-refractivity contribution < 1.29 is 64.6 Å². The molecule has 2 heterocycles. The van der Waals surface area contributed by atoms with Gasteiger partial charge < -0.3 is 65.1 Å². The van der Waals surface area contributed by atoms with Gasteiger partial charge in [-0.05, 0) is 70.6 Å². The molecule has 0 aromatic rings. The average Bonchev–Trinajstić information content (AvgIpc) is 0.789. The van der Waals surface area contributed by atoms with Crippen molar-refractivity contribution in [2.24, 2.45) is 0 Å². The zero-order valence-electron chi connectivity index (χ0n) is 67.7. The van der Waals surface area contributed by atoms with Crippen LogP contribution >= 0.6 is 0 Å². The Balaban J connectivity index is 1.57. The summed E-state index contributed by atoms with van der Waals surface area (Å²) in [6.45, 7) is 2.74. The van der Waals surface area contributed by atoms with E-state index in [1.807, 2.05) is 6.08 Å². The molecule has 2 aliphatic rings. The van der Waals surface area contributed by atoms with Gasteiger partial charge in [-0.1, -0.05) is 401 Å². The highest BCUT2D eigenvalue weighted by molar-refractivity contribution is 5.76. The van der Waals surface area contributed by atoms with Crippen LogP contribution in [-0.2, 0) is 23.7 Å². The van der Waals surface area contributed by atoms with E-state index < -0.39 is 86.8 Å². The van der Waals surface area contributed by atoms with Gasteiger partial charge in [-0.25, -0.2) is 0 Å². The lowest BCUT2D eigenvalue weighted by Crippen LogP contribution is -2.65. The number of ether oxygens (including phenoxy) is 4. The Morgan fingerprint density at radius 3 is 1.05 bits per heavy atom. The first-order valence-corrected chi connectivity index (χ1v) is 44.7. The number of rotatable bonds is 76. The molecule has 14 nitrogen and oxygen atoms in total. The summed E-state index contributed by atoms with van der Waals surface area (Å²) in [4.78, 5) is 13.4. The topological polar surface area (TPSA) is 228 Å². The van der Waals surface area contributed by atoms with Crippen molar-refractivity contribution >= 4 is 5.91 Å². The number of carbonyl (C=O) groups is 1. The first kappa shape index (κ1) is 98.5. The molecule has 2 saturated heterocycles. The first-order valence-electron chi connectivity index (χ1n) is 44.7. The average molecular weight is 1480 g/mol. The van der Waals surface area contributed by atoms with Crippen molar-refractivity contribution in [2.45, 2.75) is 479 Å². The van der Waals surface area contributed by atoms with E-state index in [0.29, 0.717) is 12.8 Å². The van der Waals surface area contributed by atoms with Gasteiger partial charge in [-0.3, -0.25) is 4.79 Å². The highest BCUT2D eigenvalue weighted by Gasteiger charge is 2.51. The van der Waals surface area contributed by atoms with Crippen LogP contribution in [0.5, 0.6) is 0 Å². The molecule has 0 aromatic carbocycles. The van der Waals surface area contributed by atoms with Crippen molar-refractivity contribution in [2.75, 3.05) is 19.8 Å². The Hall–Kier alpha value is -2.57. The Bertz CT molecular complexity index is 2050. The van der Waals surface area contributed by atoms with E-state index in [-0.39, 0.29) is 18.9 Å². The van der Waals surface area contributed by atoms with E-state index in [2.05, 4.69) is 79.9 Å². The van der Waals surface area contributed by atoms with Crippen molar-refractivity contribution in [3.63, 3.8) is 0 Å². The fraction of sp³-hybridized carbons (Fsp3) is 0.857. The van der Waals surface area contributed by atoms with Crippen LogP contribution in [0.2, 0.25) is 0 Å². The van der Waals surface area contributed by atoms with Crippen LogP contribution in [0.15, 0.2) is 72.9 Å². The fourth-order valence-electron chi connectivity index (χ4n) is 14.7. The number of hydrogen-bond acceptors (Lipinski definition) is 13. The minimum Gasteiger partial charge on any atom is -0.394 e. The molecule has 12 atom stereocenters. The summed E-state index contributed by atoms with van der Waals surface area (Å²) in [5, 5.41) is 87.8. The number of nitrogens with one attached hydrogen (secondary N) is 1. The minimum atomic E-state index is -1.79. The number of aliphatic hydroxyl groups is 8. The summed E-state index contributed by atoms with van der Waals surface area (Å²) in [6, 6.07) is -0.934. The van der Waals surface area contributed by atoms with Crippen LogP contribution in [-0.4, -0.2) is 140 Å². The molecule has 2 rings (SSSR count). The first-order chi connectivity index (χ1) is 51.6.